The molecule has 1 aromatic carbocycles. The quantitative estimate of drug-likeness (QED) is 0.244. The molecule has 1 radical (unpaired) electrons. The summed E-state index contributed by atoms with van der Waals surface area (Å²) >= 11 is 0. The zero-order chi connectivity index (χ0) is 19.2. The summed E-state index contributed by atoms with van der Waals surface area (Å²) in [7, 11) is 3.88. The lowest BCUT2D eigenvalue weighted by Crippen LogP contribution is -3.00. The van der Waals surface area contributed by atoms with Crippen molar-refractivity contribution in [3.8, 4) is 5.75 Å². The van der Waals surface area contributed by atoms with E-state index < -0.39 is 0 Å². The van der Waals surface area contributed by atoms with E-state index in [4.69, 9.17) is 10.5 Å². The normalized spacial score (nSPS) is 12.1. The predicted molar refractivity (Wildman–Crippen MR) is 104 cm³/mol. The average molecular weight is 440 g/mol. The lowest BCUT2D eigenvalue weighted by Gasteiger charge is -2.11. The molecule has 0 spiro atoms. The summed E-state index contributed by atoms with van der Waals surface area (Å²) in [5.41, 5.74) is 7.20. The molecular formula is C19H25Cl2N6O2. The lowest BCUT2D eigenvalue weighted by molar-refractivity contribution is -0.683. The van der Waals surface area contributed by atoms with Crippen LogP contribution in [0.5, 0.6) is 5.75 Å². The molecule has 10 heteroatoms. The predicted octanol–water partition coefficient (Wildman–Crippen LogP) is -5.15. The summed E-state index contributed by atoms with van der Waals surface area (Å²) in [6.45, 7) is 0.791. The first-order valence-electron chi connectivity index (χ1n) is 8.80. The number of halogens is 2. The Hall–Kier alpha value is -2.71. The molecule has 0 unspecified atom stereocenters. The molecule has 0 fully saturated rings. The van der Waals surface area contributed by atoms with Crippen LogP contribution in [0.1, 0.15) is 12.8 Å². The number of imidazole rings is 1. The standard InChI is InChI=1S/C19H24N6O2.2ClH/c1-23-9-10-25(14-23)13-19(26)22-15-5-6-17(16(20)12-15)27-11-3-4-18-21-7-8-24(18)2;;/h5-10,12,14H,3-4,11,13,20H2,1-2H3;2*1H/q+1;;/p-1. The maximum absolute atomic E-state index is 12.1. The van der Waals surface area contributed by atoms with Crippen molar-refractivity contribution in [2.45, 2.75) is 19.4 Å². The van der Waals surface area contributed by atoms with Gasteiger partial charge in [-0.2, -0.15) is 0 Å². The third kappa shape index (κ3) is 6.99. The zero-order valence-corrected chi connectivity index (χ0v) is 17.9. The Morgan fingerprint density at radius 2 is 2.10 bits per heavy atom. The summed E-state index contributed by atoms with van der Waals surface area (Å²) in [6.07, 6.45) is 11.0. The number of nitrogen functional groups attached to an aromatic ring is 1. The molecule has 8 nitrogen and oxygen atoms in total. The van der Waals surface area contributed by atoms with Gasteiger partial charge in [-0.1, -0.05) is 4.99 Å². The molecule has 29 heavy (non-hydrogen) atoms. The van der Waals surface area contributed by atoms with Crippen molar-refractivity contribution in [1.29, 1.82) is 0 Å². The van der Waals surface area contributed by atoms with Crippen molar-refractivity contribution >= 4 is 23.1 Å². The number of carbonyl (C=O) groups excluding carboxylic acids is 1. The van der Waals surface area contributed by atoms with E-state index in [-0.39, 0.29) is 37.3 Å². The minimum absolute atomic E-state index is 0. The van der Waals surface area contributed by atoms with Gasteiger partial charge in [-0.05, 0) is 24.6 Å². The Bertz CT molecular complexity index is 881. The van der Waals surface area contributed by atoms with Gasteiger partial charge in [-0.25, -0.2) is 14.0 Å². The van der Waals surface area contributed by atoms with E-state index in [0.717, 1.165) is 18.7 Å². The minimum atomic E-state index is -0.116. The van der Waals surface area contributed by atoms with E-state index in [1.807, 2.05) is 48.5 Å². The third-order valence-corrected chi connectivity index (χ3v) is 4.17. The summed E-state index contributed by atoms with van der Waals surface area (Å²) < 4.78 is 9.44. The molecule has 0 saturated heterocycles. The van der Waals surface area contributed by atoms with Gasteiger partial charge in [0.25, 0.3) is 11.7 Å². The van der Waals surface area contributed by atoms with Gasteiger partial charge in [0.1, 0.15) is 24.3 Å². The molecule has 1 aliphatic heterocycles. The van der Waals surface area contributed by atoms with E-state index in [1.165, 1.54) is 0 Å². The van der Waals surface area contributed by atoms with Gasteiger partial charge in [-0.3, -0.25) is 4.79 Å². The Labute approximate surface area is 182 Å². The van der Waals surface area contributed by atoms with Crippen LogP contribution >= 0.6 is 0 Å². The molecule has 1 amide bonds. The van der Waals surface area contributed by atoms with E-state index >= 15 is 0 Å². The first-order chi connectivity index (χ1) is 13.0. The number of nitrogens with two attached hydrogens (primary N) is 1. The van der Waals surface area contributed by atoms with Gasteiger partial charge in [-0.15, -0.1) is 0 Å². The maximum Gasteiger partial charge on any atom is 0.298 e. The summed E-state index contributed by atoms with van der Waals surface area (Å²) in [6, 6.07) is 5.28. The second kappa shape index (κ2) is 11.3. The number of amides is 1. The van der Waals surface area contributed by atoms with Crippen molar-refractivity contribution in [2.24, 2.45) is 7.05 Å². The number of nitrogens with one attached hydrogen (secondary N) is 1. The van der Waals surface area contributed by atoms with Crippen LogP contribution in [-0.2, 0) is 18.4 Å². The van der Waals surface area contributed by atoms with Gasteiger partial charge < -0.3 is 40.6 Å². The fourth-order valence-corrected chi connectivity index (χ4v) is 2.77. The number of anilines is 2. The fourth-order valence-electron chi connectivity index (χ4n) is 2.77. The Kier molecular flexibility index (Phi) is 9.50. The van der Waals surface area contributed by atoms with Crippen molar-refractivity contribution < 1.29 is 38.9 Å². The number of aliphatic imine (C=N–C) groups is 1. The van der Waals surface area contributed by atoms with Crippen LogP contribution in [-0.4, -0.2) is 34.9 Å². The van der Waals surface area contributed by atoms with Crippen LogP contribution < -0.4 is 50.2 Å². The van der Waals surface area contributed by atoms with Crippen LogP contribution in [0.3, 0.4) is 0 Å². The molecule has 157 valence electrons. The lowest BCUT2D eigenvalue weighted by atomic mass is 10.2. The number of benzene rings is 1. The van der Waals surface area contributed by atoms with Gasteiger partial charge in [0.05, 0.1) is 32.8 Å². The molecule has 0 atom stereocenters. The number of carbonyl (C=O) groups is 1. The Balaban J connectivity index is 0.00000210. The number of ether oxygens (including phenoxy) is 1. The van der Waals surface area contributed by atoms with E-state index in [9.17, 15) is 4.79 Å². The van der Waals surface area contributed by atoms with Crippen molar-refractivity contribution in [3.05, 3.63) is 49.3 Å². The first-order valence-corrected chi connectivity index (χ1v) is 8.80. The summed E-state index contributed by atoms with van der Waals surface area (Å²) in [5, 5.41) is 2.84. The van der Waals surface area contributed by atoms with Crippen LogP contribution in [0.15, 0.2) is 49.3 Å². The van der Waals surface area contributed by atoms with Gasteiger partial charge in [0, 0.05) is 5.69 Å². The van der Waals surface area contributed by atoms with Crippen LogP contribution in [0, 0.1) is 0 Å². The van der Waals surface area contributed by atoms with Crippen molar-refractivity contribution in [1.82, 2.24) is 14.5 Å². The van der Waals surface area contributed by atoms with Gasteiger partial charge in [0.15, 0.2) is 12.7 Å². The highest BCUT2D eigenvalue weighted by atomic mass is 35.5. The topological polar surface area (TPSA) is 90.5 Å². The SMILES string of the molecule is CN1C=C[N+]=C1CCCOc1ccc(NC(=O)C[n+]2ccn(C)c2)cc1N.[Cl-].[Cl-]. The summed E-state index contributed by atoms with van der Waals surface area (Å²) in [4.78, 5) is 18.4. The third-order valence-electron chi connectivity index (χ3n) is 4.17. The average Bonchev–Trinajstić information content (AvgIpc) is 3.21. The van der Waals surface area contributed by atoms with Crippen molar-refractivity contribution in [2.75, 3.05) is 24.7 Å². The number of hydrogen-bond acceptors (Lipinski definition) is 5. The molecule has 1 aliphatic rings. The fraction of sp³-hybridized carbons (Fsp3) is 0.316. The highest BCUT2D eigenvalue weighted by molar-refractivity contribution is 5.90. The molecule has 1 aromatic heterocycles. The minimum Gasteiger partial charge on any atom is -1.00 e. The number of aryl methyl sites for hydroxylation is 1. The Morgan fingerprint density at radius 3 is 2.72 bits per heavy atom. The van der Waals surface area contributed by atoms with E-state index in [1.54, 1.807) is 29.0 Å². The molecule has 3 rings (SSSR count). The Morgan fingerprint density at radius 1 is 1.31 bits per heavy atom. The van der Waals surface area contributed by atoms with Crippen molar-refractivity contribution in [3.63, 3.8) is 0 Å². The molecule has 2 heterocycles. The zero-order valence-electron chi connectivity index (χ0n) is 16.4. The van der Waals surface area contributed by atoms with Gasteiger partial charge >= 0.3 is 0 Å². The number of rotatable bonds is 8. The van der Waals surface area contributed by atoms with E-state index in [2.05, 4.69) is 10.3 Å². The molecule has 0 aliphatic carbocycles. The highest BCUT2D eigenvalue weighted by Crippen LogP contribution is 2.25. The van der Waals surface area contributed by atoms with E-state index in [0.29, 0.717) is 23.7 Å². The smallest absolute Gasteiger partial charge is 0.298 e. The largest absolute Gasteiger partial charge is 1.00 e. The number of amidine groups is 1. The van der Waals surface area contributed by atoms with Gasteiger partial charge in [0.2, 0.25) is 6.33 Å². The summed E-state index contributed by atoms with van der Waals surface area (Å²) in [5.74, 6) is 1.53. The number of nitrogens with zero attached hydrogens (tertiary/aromatic N) is 4. The highest BCUT2D eigenvalue weighted by Gasteiger charge is 2.18. The van der Waals surface area contributed by atoms with Crippen LogP contribution in [0.4, 0.5) is 11.4 Å². The molecule has 3 N–H and O–H groups in total. The maximum atomic E-state index is 12.1. The monoisotopic (exact) mass is 439 g/mol. The second-order valence-electron chi connectivity index (χ2n) is 6.46. The molecule has 0 bridgehead atoms. The van der Waals surface area contributed by atoms with Crippen LogP contribution in [0.25, 0.3) is 0 Å². The molecule has 2 aromatic rings. The van der Waals surface area contributed by atoms with Crippen LogP contribution in [0.2, 0.25) is 0 Å². The number of aromatic nitrogens is 2. The molecule has 0 saturated carbocycles. The number of hydrogen-bond donors (Lipinski definition) is 2. The second-order valence-corrected chi connectivity index (χ2v) is 6.46. The first kappa shape index (κ1) is 24.3. The molecular weight excluding hydrogens is 415 g/mol.